The highest BCUT2D eigenvalue weighted by molar-refractivity contribution is 7.10. The molecule has 1 unspecified atom stereocenters. The van der Waals surface area contributed by atoms with Crippen LogP contribution < -0.4 is 0 Å². The van der Waals surface area contributed by atoms with Gasteiger partial charge in [-0.3, -0.25) is 0 Å². The molecule has 2 aliphatic rings. The molecule has 0 radical (unpaired) electrons. The SMILES string of the molecule is O=C(O)N1CCC(c2nc(C3=NOC(c4ccccc4)C3)cs2)CC1. The summed E-state index contributed by atoms with van der Waals surface area (Å²) in [6, 6.07) is 10.1. The molecule has 130 valence electrons. The lowest BCUT2D eigenvalue weighted by Crippen LogP contribution is -2.36. The molecule has 0 bridgehead atoms. The Balaban J connectivity index is 1.40. The van der Waals surface area contributed by atoms with Crippen molar-refractivity contribution in [3.8, 4) is 0 Å². The molecule has 1 aromatic carbocycles. The number of hydrogen-bond acceptors (Lipinski definition) is 5. The smallest absolute Gasteiger partial charge is 0.407 e. The van der Waals surface area contributed by atoms with E-state index < -0.39 is 6.09 Å². The average molecular weight is 357 g/mol. The van der Waals surface area contributed by atoms with Crippen LogP contribution >= 0.6 is 11.3 Å². The molecular weight excluding hydrogens is 338 g/mol. The summed E-state index contributed by atoms with van der Waals surface area (Å²) in [4.78, 5) is 22.8. The molecule has 1 fully saturated rings. The van der Waals surface area contributed by atoms with E-state index in [9.17, 15) is 4.79 Å². The lowest BCUT2D eigenvalue weighted by Gasteiger charge is -2.28. The Bertz CT molecular complexity index is 782. The van der Waals surface area contributed by atoms with Crippen LogP contribution in [0, 0.1) is 0 Å². The monoisotopic (exact) mass is 357 g/mol. The molecule has 1 atom stereocenters. The molecule has 2 aromatic rings. The largest absolute Gasteiger partial charge is 0.465 e. The Kier molecular flexibility index (Phi) is 4.40. The summed E-state index contributed by atoms with van der Waals surface area (Å²) in [5.74, 6) is 0.335. The maximum absolute atomic E-state index is 11.0. The van der Waals surface area contributed by atoms with Crippen molar-refractivity contribution in [3.05, 3.63) is 52.0 Å². The van der Waals surface area contributed by atoms with Crippen LogP contribution in [0.3, 0.4) is 0 Å². The van der Waals surface area contributed by atoms with Gasteiger partial charge in [-0.05, 0) is 18.4 Å². The number of piperidine rings is 1. The van der Waals surface area contributed by atoms with Crippen LogP contribution in [0.1, 0.15) is 47.5 Å². The third-order valence-corrected chi connectivity index (χ3v) is 5.78. The number of rotatable bonds is 3. The summed E-state index contributed by atoms with van der Waals surface area (Å²) in [6.45, 7) is 1.16. The van der Waals surface area contributed by atoms with Gasteiger partial charge in [-0.1, -0.05) is 35.5 Å². The number of carbonyl (C=O) groups is 1. The van der Waals surface area contributed by atoms with Crippen LogP contribution in [0.5, 0.6) is 0 Å². The minimum Gasteiger partial charge on any atom is -0.465 e. The fourth-order valence-electron chi connectivity index (χ4n) is 3.30. The molecule has 1 amide bonds. The van der Waals surface area contributed by atoms with E-state index in [2.05, 4.69) is 5.16 Å². The van der Waals surface area contributed by atoms with E-state index >= 15 is 0 Å². The Morgan fingerprint density at radius 3 is 2.72 bits per heavy atom. The van der Waals surface area contributed by atoms with E-state index in [4.69, 9.17) is 14.9 Å². The summed E-state index contributed by atoms with van der Waals surface area (Å²) in [6.07, 6.45) is 1.51. The first-order chi connectivity index (χ1) is 12.2. The highest BCUT2D eigenvalue weighted by atomic mass is 32.1. The number of nitrogens with zero attached hydrogens (tertiary/aromatic N) is 3. The van der Waals surface area contributed by atoms with Crippen molar-refractivity contribution >= 4 is 23.1 Å². The van der Waals surface area contributed by atoms with Gasteiger partial charge in [0.1, 0.15) is 5.71 Å². The molecule has 1 saturated heterocycles. The second kappa shape index (κ2) is 6.84. The molecule has 0 spiro atoms. The van der Waals surface area contributed by atoms with Gasteiger partial charge < -0.3 is 14.8 Å². The predicted molar refractivity (Wildman–Crippen MR) is 95.1 cm³/mol. The van der Waals surface area contributed by atoms with E-state index in [0.29, 0.717) is 19.0 Å². The summed E-state index contributed by atoms with van der Waals surface area (Å²) in [7, 11) is 0. The van der Waals surface area contributed by atoms with Crippen LogP contribution in [0.15, 0.2) is 40.9 Å². The summed E-state index contributed by atoms with van der Waals surface area (Å²) in [5, 5.41) is 16.4. The number of hydrogen-bond donors (Lipinski definition) is 1. The van der Waals surface area contributed by atoms with Gasteiger partial charge in [0.2, 0.25) is 0 Å². The molecule has 0 aliphatic carbocycles. The van der Waals surface area contributed by atoms with Gasteiger partial charge in [0, 0.05) is 30.8 Å². The molecule has 1 N–H and O–H groups in total. The third kappa shape index (κ3) is 3.37. The molecule has 7 heteroatoms. The predicted octanol–water partition coefficient (Wildman–Crippen LogP) is 3.87. The Morgan fingerprint density at radius 1 is 1.24 bits per heavy atom. The van der Waals surface area contributed by atoms with Crippen molar-refractivity contribution in [2.45, 2.75) is 31.3 Å². The Hall–Kier alpha value is -2.41. The van der Waals surface area contributed by atoms with Crippen LogP contribution in [-0.4, -0.2) is 39.9 Å². The van der Waals surface area contributed by atoms with Gasteiger partial charge in [0.15, 0.2) is 6.10 Å². The van der Waals surface area contributed by atoms with Crippen molar-refractivity contribution in [2.24, 2.45) is 5.16 Å². The molecule has 3 heterocycles. The van der Waals surface area contributed by atoms with Gasteiger partial charge in [0.25, 0.3) is 0 Å². The first-order valence-electron chi connectivity index (χ1n) is 8.42. The standard InChI is InChI=1S/C18H19N3O3S/c22-18(23)21-8-6-13(7-9-21)17-19-15(11-25-17)14-10-16(24-20-14)12-4-2-1-3-5-12/h1-5,11,13,16H,6-10H2,(H,22,23). The highest BCUT2D eigenvalue weighted by Gasteiger charge is 2.28. The van der Waals surface area contributed by atoms with Crippen molar-refractivity contribution in [1.29, 1.82) is 0 Å². The van der Waals surface area contributed by atoms with Crippen molar-refractivity contribution < 1.29 is 14.7 Å². The molecule has 1 aromatic heterocycles. The van der Waals surface area contributed by atoms with Crippen molar-refractivity contribution in [3.63, 3.8) is 0 Å². The quantitative estimate of drug-likeness (QED) is 0.905. The fraction of sp³-hybridized carbons (Fsp3) is 0.389. The van der Waals surface area contributed by atoms with Crippen LogP contribution in [0.2, 0.25) is 0 Å². The normalized spacial score (nSPS) is 21.0. The van der Waals surface area contributed by atoms with Crippen LogP contribution in [0.4, 0.5) is 4.79 Å². The summed E-state index contributed by atoms with van der Waals surface area (Å²) >= 11 is 1.64. The molecular formula is C18H19N3O3S. The number of likely N-dealkylation sites (tertiary alicyclic amines) is 1. The second-order valence-electron chi connectivity index (χ2n) is 6.36. The molecule has 25 heavy (non-hydrogen) atoms. The van der Waals surface area contributed by atoms with E-state index in [1.54, 1.807) is 11.3 Å². The third-order valence-electron chi connectivity index (χ3n) is 4.77. The minimum absolute atomic E-state index is 0.0415. The zero-order valence-electron chi connectivity index (χ0n) is 13.7. The van der Waals surface area contributed by atoms with Crippen LogP contribution in [-0.2, 0) is 4.84 Å². The number of carboxylic acid groups (broad SMARTS) is 1. The molecule has 2 aliphatic heterocycles. The first kappa shape index (κ1) is 16.1. The van der Waals surface area contributed by atoms with Crippen LogP contribution in [0.25, 0.3) is 0 Å². The summed E-state index contributed by atoms with van der Waals surface area (Å²) in [5.41, 5.74) is 2.90. The van der Waals surface area contributed by atoms with E-state index in [-0.39, 0.29) is 6.10 Å². The lowest BCUT2D eigenvalue weighted by molar-refractivity contribution is 0.0857. The van der Waals surface area contributed by atoms with Crippen molar-refractivity contribution in [2.75, 3.05) is 13.1 Å². The van der Waals surface area contributed by atoms with Gasteiger partial charge in [-0.15, -0.1) is 11.3 Å². The topological polar surface area (TPSA) is 75.0 Å². The second-order valence-corrected chi connectivity index (χ2v) is 7.25. The van der Waals surface area contributed by atoms with Gasteiger partial charge in [-0.2, -0.15) is 0 Å². The van der Waals surface area contributed by atoms with Gasteiger partial charge >= 0.3 is 6.09 Å². The Morgan fingerprint density at radius 2 is 2.00 bits per heavy atom. The van der Waals surface area contributed by atoms with E-state index in [1.165, 1.54) is 4.90 Å². The van der Waals surface area contributed by atoms with Gasteiger partial charge in [-0.25, -0.2) is 9.78 Å². The average Bonchev–Trinajstić information content (AvgIpc) is 3.32. The first-order valence-corrected chi connectivity index (χ1v) is 9.30. The zero-order valence-corrected chi connectivity index (χ0v) is 14.5. The number of aromatic nitrogens is 1. The highest BCUT2D eigenvalue weighted by Crippen LogP contribution is 2.33. The Labute approximate surface area is 149 Å². The number of amides is 1. The summed E-state index contributed by atoms with van der Waals surface area (Å²) < 4.78 is 0. The van der Waals surface area contributed by atoms with Gasteiger partial charge in [0.05, 0.1) is 10.7 Å². The fourth-order valence-corrected chi connectivity index (χ4v) is 4.30. The molecule has 0 saturated carbocycles. The van der Waals surface area contributed by atoms with E-state index in [0.717, 1.165) is 41.2 Å². The molecule has 4 rings (SSSR count). The number of oxime groups is 1. The van der Waals surface area contributed by atoms with E-state index in [1.807, 2.05) is 35.7 Å². The maximum Gasteiger partial charge on any atom is 0.407 e. The zero-order chi connectivity index (χ0) is 17.2. The minimum atomic E-state index is -0.831. The lowest BCUT2D eigenvalue weighted by atomic mass is 9.98. The number of benzene rings is 1. The maximum atomic E-state index is 11.0. The molecule has 6 nitrogen and oxygen atoms in total. The number of thiazole rings is 1. The van der Waals surface area contributed by atoms with Crippen molar-refractivity contribution in [1.82, 2.24) is 9.88 Å².